The molecule has 1 aromatic heterocycles. The average Bonchev–Trinajstić information content (AvgIpc) is 1.06. The van der Waals surface area contributed by atoms with Crippen LogP contribution in [0.2, 0.25) is 0 Å². The quantitative estimate of drug-likeness (QED) is 0.0464. The van der Waals surface area contributed by atoms with Crippen LogP contribution >= 0.6 is 11.8 Å². The number of H-pyrrole nitrogens is 1. The summed E-state index contributed by atoms with van der Waals surface area (Å²) in [6.45, 7) is 6.19. The Morgan fingerprint density at radius 1 is 0.485 bits per heavy atom. The number of amides is 15. The highest BCUT2D eigenvalue weighted by atomic mass is 32.2. The highest BCUT2D eigenvalue weighted by molar-refractivity contribution is 8.00. The molecule has 2 aliphatic heterocycles. The first-order chi connectivity index (χ1) is 62.1. The van der Waals surface area contributed by atoms with Crippen molar-refractivity contribution in [1.29, 1.82) is 0 Å². The van der Waals surface area contributed by atoms with Gasteiger partial charge in [-0.05, 0) is 108 Å². The Morgan fingerprint density at radius 2 is 0.969 bits per heavy atom. The molecule has 0 radical (unpaired) electrons. The molecule has 9 rings (SSSR count). The van der Waals surface area contributed by atoms with Gasteiger partial charge in [-0.15, -0.1) is 11.8 Å². The largest absolute Gasteiger partial charge is 0.508 e. The SMILES string of the molecule is CCCC[C@H]1C(=O)N(C)CC(=O)N[C@@H](CO)C(=O)N[C@@H](C(C)C)C(=O)N(C)[C@@H](Cc2ccccc2)C(=O)N[C@@H](Cc2ccc(O)cc2)C(=O)N2CCCC[C@@H]2C(=O)N[C@@H](Cc2c[nH]c3ccccc23)C(=O)N[C@@H](Cc2ccc(O)cc2)C(=O)N[C@@H](CC(C)C)C(=O)N[C@H](C(=O)NCC(N)=O)CSCC(=O)N[C@@H](Cc2ccccc2)C(=O)N(C)[C@@H](Cc2ccccc2)C(=O)N1C. The molecule has 35 heteroatoms. The first kappa shape index (κ1) is 101. The lowest BCUT2D eigenvalue weighted by Gasteiger charge is -2.38. The number of piperidine rings is 1. The van der Waals surface area contributed by atoms with Crippen LogP contribution in [0.5, 0.6) is 11.5 Å². The number of nitrogens with one attached hydrogen (secondary N) is 10. The summed E-state index contributed by atoms with van der Waals surface area (Å²) in [4.78, 5) is 233. The van der Waals surface area contributed by atoms with Crippen LogP contribution in [0.25, 0.3) is 10.9 Å². The summed E-state index contributed by atoms with van der Waals surface area (Å²) in [7, 11) is 5.44. The average molecular weight is 1810 g/mol. The number of primary amides is 1. The predicted octanol–water partition coefficient (Wildman–Crippen LogP) is 2.77. The molecule has 0 unspecified atom stereocenters. The Bertz CT molecular complexity index is 5070. The summed E-state index contributed by atoms with van der Waals surface area (Å²) in [5, 5.41) is 57.0. The van der Waals surface area contributed by atoms with E-state index in [1.165, 1.54) is 79.3 Å². The van der Waals surface area contributed by atoms with E-state index in [0.29, 0.717) is 70.0 Å². The minimum Gasteiger partial charge on any atom is -0.508 e. The normalized spacial score (nSPS) is 23.0. The Hall–Kier alpha value is -13.2. The number of unbranched alkanes of at least 4 members (excludes halogenated alkanes) is 1. The number of aliphatic hydroxyl groups excluding tert-OH is 1. The van der Waals surface area contributed by atoms with Crippen molar-refractivity contribution >= 4 is 111 Å². The molecular formula is C95H122N16O18S. The number of phenols is 2. The maximum absolute atomic E-state index is 15.9. The van der Waals surface area contributed by atoms with Crippen molar-refractivity contribution < 1.29 is 87.2 Å². The van der Waals surface area contributed by atoms with Gasteiger partial charge in [0.1, 0.15) is 84.0 Å². The lowest BCUT2D eigenvalue weighted by molar-refractivity contribution is -0.151. The molecule has 15 N–H and O–H groups in total. The number of fused-ring (bicyclic) bond motifs is 2. The number of benzene rings is 6. The van der Waals surface area contributed by atoms with Crippen molar-refractivity contribution in [1.82, 2.24) is 77.3 Å². The number of aromatic hydroxyl groups is 2. The molecule has 6 aromatic carbocycles. The fraction of sp³-hybridized carbons (Fsp3) is 0.442. The monoisotopic (exact) mass is 1810 g/mol. The summed E-state index contributed by atoms with van der Waals surface area (Å²) in [5.41, 5.74) is 9.34. The highest BCUT2D eigenvalue weighted by Crippen LogP contribution is 2.27. The third kappa shape index (κ3) is 28.9. The minimum absolute atomic E-state index is 0.0362. The standard InChI is InChI=1S/C95H122N16O18S/c1-10-11-33-77-93(127)107(6)53-81(116)100-74(54-112)88(122)106-83(58(4)5)95(129)109(8)78(48-60-27-17-13-18-28-60)90(124)104-73(47-63-37-41-66(114)42-38-63)92(126)111-43-24-23-34-76(111)89(123)103-71(50-64-51-97-68-32-22-21-31-67(64)68)87(121)102-70(45-62-35-39-65(113)40-36-62)86(120)101-69(44-57(2)3)85(119)105-75(84(118)98-52-80(96)115)55-130-56-82(117)99-72(46-59-25-15-12-16-26-59)91(125)110(9)79(94(128)108(77)7)49-61-29-19-14-20-30-61/h12-22,25-32,35-42,51,57-58,69-79,83,97,112-114H,10-11,23-24,33-34,43-50,52-56H2,1-9H3,(H2,96,115)(H,98,118)(H,99,117)(H,100,116)(H,101,120)(H,102,121)(H,103,123)(H,104,124)(H,105,119)(H,106,122)/t69-,70-,71-,72-,73-,74-,75-,76+,77-,78-,79-,83-/m0/s1. The molecule has 0 bridgehead atoms. The van der Waals surface area contributed by atoms with Crippen molar-refractivity contribution in [3.05, 3.63) is 203 Å². The molecular weight excluding hydrogens is 1690 g/mol. The number of phenolic OH excluding ortho intramolecular Hbond substituents is 2. The molecule has 15 amide bonds. The zero-order valence-corrected chi connectivity index (χ0v) is 75.7. The maximum atomic E-state index is 15.9. The number of rotatable bonds is 22. The van der Waals surface area contributed by atoms with Gasteiger partial charge >= 0.3 is 0 Å². The van der Waals surface area contributed by atoms with E-state index in [-0.39, 0.29) is 87.5 Å². The van der Waals surface area contributed by atoms with E-state index < -0.39 is 192 Å². The lowest BCUT2D eigenvalue weighted by atomic mass is 9.96. The topological polar surface area (TPSA) is 483 Å². The Balaban J connectivity index is 1.12. The van der Waals surface area contributed by atoms with Crippen molar-refractivity contribution in [2.45, 2.75) is 191 Å². The third-order valence-electron chi connectivity index (χ3n) is 23.2. The molecule has 34 nitrogen and oxygen atoms in total. The maximum Gasteiger partial charge on any atom is 0.246 e. The zero-order valence-electron chi connectivity index (χ0n) is 74.9. The summed E-state index contributed by atoms with van der Waals surface area (Å²) >= 11 is 0.846. The van der Waals surface area contributed by atoms with Crippen molar-refractivity contribution in [2.24, 2.45) is 17.6 Å². The van der Waals surface area contributed by atoms with Crippen molar-refractivity contribution in [3.63, 3.8) is 0 Å². The summed E-state index contributed by atoms with van der Waals surface area (Å²) in [5.74, 6) is -14.9. The molecule has 3 heterocycles. The highest BCUT2D eigenvalue weighted by Gasteiger charge is 2.44. The number of likely N-dealkylation sites (N-methyl/N-ethyl adjacent to an activating group) is 4. The minimum atomic E-state index is -1.74. The number of hydrogen-bond acceptors (Lipinski definition) is 19. The van der Waals surface area contributed by atoms with Gasteiger partial charge in [-0.1, -0.05) is 181 Å². The molecule has 2 saturated heterocycles. The van der Waals surface area contributed by atoms with Gasteiger partial charge in [-0.25, -0.2) is 0 Å². The number of aliphatic hydroxyl groups is 1. The number of thioether (sulfide) groups is 1. The van der Waals surface area contributed by atoms with Gasteiger partial charge in [0.2, 0.25) is 88.6 Å². The number of hydrogen-bond donors (Lipinski definition) is 14. The van der Waals surface area contributed by atoms with Crippen molar-refractivity contribution in [3.8, 4) is 11.5 Å². The number of carbonyl (C=O) groups excluding carboxylic acids is 15. The summed E-state index contributed by atoms with van der Waals surface area (Å²) < 4.78 is 0. The molecule has 0 aliphatic carbocycles. The first-order valence-corrected chi connectivity index (χ1v) is 45.0. The van der Waals surface area contributed by atoms with E-state index in [0.717, 1.165) is 21.6 Å². The van der Waals surface area contributed by atoms with Crippen molar-refractivity contribution in [2.75, 3.05) is 65.9 Å². The second kappa shape index (κ2) is 48.8. The van der Waals surface area contributed by atoms with E-state index in [4.69, 9.17) is 5.73 Å². The molecule has 130 heavy (non-hydrogen) atoms. The molecule has 0 saturated carbocycles. The van der Waals surface area contributed by atoms with E-state index in [2.05, 4.69) is 52.8 Å². The van der Waals surface area contributed by atoms with Crippen LogP contribution in [0.15, 0.2) is 170 Å². The van der Waals surface area contributed by atoms with Gasteiger partial charge < -0.3 is 98.4 Å². The van der Waals surface area contributed by atoms with Gasteiger partial charge in [-0.2, -0.15) is 0 Å². The second-order valence-electron chi connectivity index (χ2n) is 33.9. The van der Waals surface area contributed by atoms with Crippen LogP contribution in [-0.4, -0.2) is 272 Å². The van der Waals surface area contributed by atoms with Gasteiger partial charge in [0, 0.05) is 96.1 Å². The second-order valence-corrected chi connectivity index (χ2v) is 35.0. The number of aromatic amines is 1. The molecule has 2 fully saturated rings. The molecule has 12 atom stereocenters. The zero-order chi connectivity index (χ0) is 94.4. The van der Waals surface area contributed by atoms with Gasteiger partial charge in [0.15, 0.2) is 0 Å². The first-order valence-electron chi connectivity index (χ1n) is 43.9. The number of para-hydroxylation sites is 1. The van der Waals surface area contributed by atoms with Gasteiger partial charge in [0.25, 0.3) is 0 Å². The number of nitrogens with two attached hydrogens (primary N) is 1. The Kier molecular flexibility index (Phi) is 37.8. The number of carbonyl (C=O) groups is 15. The fourth-order valence-corrected chi connectivity index (χ4v) is 16.8. The van der Waals surface area contributed by atoms with E-state index in [1.807, 2.05) is 6.92 Å². The summed E-state index contributed by atoms with van der Waals surface area (Å²) in [6, 6.07) is 27.2. The van der Waals surface area contributed by atoms with Gasteiger partial charge in [0.05, 0.1) is 25.4 Å². The third-order valence-corrected chi connectivity index (χ3v) is 24.2. The van der Waals surface area contributed by atoms with E-state index in [9.17, 15) is 44.1 Å². The van der Waals surface area contributed by atoms with Crippen LogP contribution in [0.1, 0.15) is 113 Å². The Morgan fingerprint density at radius 3 is 1.54 bits per heavy atom. The predicted molar refractivity (Wildman–Crippen MR) is 489 cm³/mol. The van der Waals surface area contributed by atoms with Crippen LogP contribution < -0.4 is 53.6 Å². The van der Waals surface area contributed by atoms with Crippen LogP contribution in [-0.2, 0) is 110 Å². The molecule has 2 aliphatic rings. The van der Waals surface area contributed by atoms with E-state index in [1.54, 1.807) is 161 Å². The molecule has 0 spiro atoms. The molecule has 696 valence electrons. The molecule has 7 aromatic rings. The Labute approximate surface area is 760 Å². The number of aromatic nitrogens is 1. The fourth-order valence-electron chi connectivity index (χ4n) is 15.9. The van der Waals surface area contributed by atoms with E-state index >= 15 is 43.2 Å². The van der Waals surface area contributed by atoms with Gasteiger partial charge in [-0.3, -0.25) is 71.9 Å². The van der Waals surface area contributed by atoms with Crippen LogP contribution in [0, 0.1) is 11.8 Å². The van der Waals surface area contributed by atoms with Crippen LogP contribution in [0.4, 0.5) is 0 Å². The number of nitrogens with zero attached hydrogens (tertiary/aromatic N) is 5. The summed E-state index contributed by atoms with van der Waals surface area (Å²) in [6.07, 6.45) is 2.32. The lowest BCUT2D eigenvalue weighted by Crippen LogP contribution is -2.63. The van der Waals surface area contributed by atoms with Crippen LogP contribution in [0.3, 0.4) is 0 Å². The smallest absolute Gasteiger partial charge is 0.246 e.